The summed E-state index contributed by atoms with van der Waals surface area (Å²) in [6.45, 7) is 3.45. The van der Waals surface area contributed by atoms with E-state index in [1.54, 1.807) is 13.8 Å². The Kier molecular flexibility index (Phi) is 5.95. The van der Waals surface area contributed by atoms with E-state index in [0.717, 1.165) is 0 Å². The number of carbonyl (C=O) groups excluding carboxylic acids is 1. The van der Waals surface area contributed by atoms with Crippen LogP contribution in [0.25, 0.3) is 0 Å². The van der Waals surface area contributed by atoms with Gasteiger partial charge in [-0.3, -0.25) is 9.59 Å². The quantitative estimate of drug-likeness (QED) is 0.567. The number of carbonyl (C=O) groups is 2. The van der Waals surface area contributed by atoms with Crippen LogP contribution >= 0.6 is 11.6 Å². The molecule has 1 atom stereocenters. The lowest BCUT2D eigenvalue weighted by Gasteiger charge is -2.10. The molecule has 0 spiro atoms. The third-order valence-electron chi connectivity index (χ3n) is 1.58. The van der Waals surface area contributed by atoms with Crippen LogP contribution in [0.5, 0.6) is 0 Å². The molecule has 14 heavy (non-hydrogen) atoms. The molecule has 80 valence electrons. The molecule has 0 fully saturated rings. The van der Waals surface area contributed by atoms with E-state index in [4.69, 9.17) is 16.7 Å². The number of hydrogen-bond acceptors (Lipinski definition) is 3. The second-order valence-electron chi connectivity index (χ2n) is 2.80. The number of rotatable bonds is 5. The Morgan fingerprint density at radius 3 is 2.50 bits per heavy atom. The van der Waals surface area contributed by atoms with Gasteiger partial charge in [0.05, 0.1) is 6.61 Å². The van der Waals surface area contributed by atoms with Crippen LogP contribution in [0.1, 0.15) is 20.3 Å². The Labute approximate surface area is 87.5 Å². The van der Waals surface area contributed by atoms with Crippen molar-refractivity contribution in [3.05, 3.63) is 11.1 Å². The molecule has 0 aromatic rings. The third-order valence-corrected chi connectivity index (χ3v) is 1.95. The summed E-state index contributed by atoms with van der Waals surface area (Å²) in [5.74, 6) is -3.08. The van der Waals surface area contributed by atoms with Gasteiger partial charge in [-0.1, -0.05) is 17.2 Å². The zero-order valence-electron chi connectivity index (χ0n) is 8.12. The van der Waals surface area contributed by atoms with Crippen molar-refractivity contribution >= 4 is 23.5 Å². The molecular formula is C9H13ClO4. The maximum atomic E-state index is 11.2. The van der Waals surface area contributed by atoms with Crippen LogP contribution in [0.15, 0.2) is 11.1 Å². The van der Waals surface area contributed by atoms with Crippen molar-refractivity contribution in [3.8, 4) is 0 Å². The van der Waals surface area contributed by atoms with E-state index in [1.807, 2.05) is 0 Å². The van der Waals surface area contributed by atoms with Gasteiger partial charge in [-0.15, -0.1) is 0 Å². The van der Waals surface area contributed by atoms with Crippen LogP contribution in [0.4, 0.5) is 0 Å². The maximum absolute atomic E-state index is 11.2. The van der Waals surface area contributed by atoms with E-state index in [9.17, 15) is 9.59 Å². The highest BCUT2D eigenvalue weighted by atomic mass is 35.5. The molecule has 0 aromatic carbocycles. The Morgan fingerprint density at radius 2 is 2.14 bits per heavy atom. The van der Waals surface area contributed by atoms with Gasteiger partial charge < -0.3 is 9.84 Å². The highest BCUT2D eigenvalue weighted by Gasteiger charge is 2.27. The molecule has 4 nitrogen and oxygen atoms in total. The third kappa shape index (κ3) is 4.28. The molecule has 0 radical (unpaired) electrons. The molecule has 0 rings (SSSR count). The molecule has 0 saturated carbocycles. The van der Waals surface area contributed by atoms with E-state index in [2.05, 4.69) is 4.74 Å². The number of ether oxygens (including phenoxy) is 1. The Bertz CT molecular complexity index is 247. The number of esters is 1. The summed E-state index contributed by atoms with van der Waals surface area (Å²) < 4.78 is 4.62. The number of carboxylic acid groups (broad SMARTS) is 1. The van der Waals surface area contributed by atoms with Gasteiger partial charge in [-0.25, -0.2) is 0 Å². The Hall–Kier alpha value is -1.03. The van der Waals surface area contributed by atoms with Gasteiger partial charge in [0.2, 0.25) is 0 Å². The van der Waals surface area contributed by atoms with Gasteiger partial charge in [0, 0.05) is 5.54 Å². The minimum atomic E-state index is -1.19. The molecule has 0 heterocycles. The zero-order valence-corrected chi connectivity index (χ0v) is 8.87. The minimum absolute atomic E-state index is 0.0810. The van der Waals surface area contributed by atoms with Crippen molar-refractivity contribution < 1.29 is 19.4 Å². The van der Waals surface area contributed by atoms with E-state index in [-0.39, 0.29) is 13.0 Å². The van der Waals surface area contributed by atoms with E-state index >= 15 is 0 Å². The standard InChI is InChI=1S/C9H13ClO4/c1-3-14-9(13)7(8(11)12)4-6(2)5-10/h5,7H,3-4H2,1-2H3,(H,11,12). The molecule has 0 aliphatic heterocycles. The second kappa shape index (κ2) is 6.43. The lowest BCUT2D eigenvalue weighted by atomic mass is 10.0. The van der Waals surface area contributed by atoms with E-state index in [1.165, 1.54) is 5.54 Å². The Morgan fingerprint density at radius 1 is 1.57 bits per heavy atom. The lowest BCUT2D eigenvalue weighted by Crippen LogP contribution is -2.26. The normalized spacial score (nSPS) is 13.5. The van der Waals surface area contributed by atoms with Gasteiger partial charge >= 0.3 is 11.9 Å². The van der Waals surface area contributed by atoms with Crippen LogP contribution in [0, 0.1) is 5.92 Å². The summed E-state index contributed by atoms with van der Waals surface area (Å²) >= 11 is 5.38. The first-order valence-corrected chi connectivity index (χ1v) is 4.61. The summed E-state index contributed by atoms with van der Waals surface area (Å²) in [4.78, 5) is 21.9. The van der Waals surface area contributed by atoms with Crippen LogP contribution in [0.3, 0.4) is 0 Å². The van der Waals surface area contributed by atoms with Crippen LogP contribution in [-0.2, 0) is 14.3 Å². The average molecular weight is 221 g/mol. The first kappa shape index (κ1) is 13.0. The zero-order chi connectivity index (χ0) is 11.1. The molecule has 0 bridgehead atoms. The number of carboxylic acids is 1. The van der Waals surface area contributed by atoms with Crippen molar-refractivity contribution in [3.63, 3.8) is 0 Å². The number of allylic oxidation sites excluding steroid dienone is 1. The van der Waals surface area contributed by atoms with Crippen molar-refractivity contribution in [2.24, 2.45) is 5.92 Å². The molecule has 0 aliphatic carbocycles. The van der Waals surface area contributed by atoms with Crippen LogP contribution in [0.2, 0.25) is 0 Å². The summed E-state index contributed by atoms with van der Waals surface area (Å²) in [6.07, 6.45) is 0.0810. The van der Waals surface area contributed by atoms with Crippen molar-refractivity contribution in [2.45, 2.75) is 20.3 Å². The van der Waals surface area contributed by atoms with Gasteiger partial charge in [0.1, 0.15) is 0 Å². The van der Waals surface area contributed by atoms with Gasteiger partial charge in [0.15, 0.2) is 5.92 Å². The van der Waals surface area contributed by atoms with Crippen molar-refractivity contribution in [1.82, 2.24) is 0 Å². The molecule has 0 saturated heterocycles. The molecule has 0 amide bonds. The maximum Gasteiger partial charge on any atom is 0.320 e. The van der Waals surface area contributed by atoms with Crippen molar-refractivity contribution in [2.75, 3.05) is 6.61 Å². The highest BCUT2D eigenvalue weighted by molar-refractivity contribution is 6.25. The molecule has 0 aromatic heterocycles. The monoisotopic (exact) mass is 220 g/mol. The fourth-order valence-electron chi connectivity index (χ4n) is 0.881. The molecule has 1 unspecified atom stereocenters. The number of halogens is 1. The fraction of sp³-hybridized carbons (Fsp3) is 0.556. The summed E-state index contributed by atoms with van der Waals surface area (Å²) in [7, 11) is 0. The van der Waals surface area contributed by atoms with Crippen LogP contribution in [-0.4, -0.2) is 23.7 Å². The molecule has 1 N–H and O–H groups in total. The minimum Gasteiger partial charge on any atom is -0.481 e. The van der Waals surface area contributed by atoms with Gasteiger partial charge in [-0.05, 0) is 20.3 Å². The topological polar surface area (TPSA) is 63.6 Å². The smallest absolute Gasteiger partial charge is 0.320 e. The first-order chi connectivity index (χ1) is 6.52. The predicted octanol–water partition coefficient (Wildman–Crippen LogP) is 1.78. The molecular weight excluding hydrogens is 208 g/mol. The second-order valence-corrected chi connectivity index (χ2v) is 3.02. The van der Waals surface area contributed by atoms with Gasteiger partial charge in [-0.2, -0.15) is 0 Å². The number of aliphatic carboxylic acids is 1. The van der Waals surface area contributed by atoms with E-state index in [0.29, 0.717) is 5.57 Å². The summed E-state index contributed by atoms with van der Waals surface area (Å²) in [5.41, 5.74) is 1.89. The Balaban J connectivity index is 4.45. The first-order valence-electron chi connectivity index (χ1n) is 4.18. The molecule has 0 aliphatic rings. The number of hydrogen-bond donors (Lipinski definition) is 1. The average Bonchev–Trinajstić information content (AvgIpc) is 2.13. The summed E-state index contributed by atoms with van der Waals surface area (Å²) in [5, 5.41) is 8.74. The highest BCUT2D eigenvalue weighted by Crippen LogP contribution is 2.14. The van der Waals surface area contributed by atoms with Gasteiger partial charge in [0.25, 0.3) is 0 Å². The van der Waals surface area contributed by atoms with Crippen molar-refractivity contribution in [1.29, 1.82) is 0 Å². The van der Waals surface area contributed by atoms with Crippen LogP contribution < -0.4 is 0 Å². The lowest BCUT2D eigenvalue weighted by molar-refractivity contribution is -0.158. The molecule has 5 heteroatoms. The SMILES string of the molecule is CCOC(=O)C(CC(C)=CCl)C(=O)O. The van der Waals surface area contributed by atoms with E-state index < -0.39 is 17.9 Å². The predicted molar refractivity (Wildman–Crippen MR) is 52.0 cm³/mol. The largest absolute Gasteiger partial charge is 0.481 e. The summed E-state index contributed by atoms with van der Waals surface area (Å²) in [6, 6.07) is 0. The fourth-order valence-corrected chi connectivity index (χ4v) is 0.970.